The van der Waals surface area contributed by atoms with Crippen molar-refractivity contribution in [2.75, 3.05) is 11.1 Å². The SMILES string of the molecule is CCS(=O)(=O)NC1Cc2ccc(NC(=O)c3cccc(C)c3-c3ccc(C(F)(F)F)cc3)cc2C1. The van der Waals surface area contributed by atoms with Gasteiger partial charge in [0.2, 0.25) is 10.0 Å². The van der Waals surface area contributed by atoms with Gasteiger partial charge in [-0.25, -0.2) is 13.1 Å². The molecule has 1 amide bonds. The second-order valence-electron chi connectivity index (χ2n) is 8.64. The molecule has 0 spiro atoms. The summed E-state index contributed by atoms with van der Waals surface area (Å²) in [6.07, 6.45) is -3.33. The van der Waals surface area contributed by atoms with Crippen molar-refractivity contribution in [1.29, 1.82) is 0 Å². The van der Waals surface area contributed by atoms with Gasteiger partial charge in [-0.2, -0.15) is 13.2 Å². The quantitative estimate of drug-likeness (QED) is 0.478. The maximum absolute atomic E-state index is 13.2. The van der Waals surface area contributed by atoms with Crippen LogP contribution in [-0.4, -0.2) is 26.1 Å². The monoisotopic (exact) mass is 502 g/mol. The summed E-state index contributed by atoms with van der Waals surface area (Å²) in [6, 6.07) is 15.2. The summed E-state index contributed by atoms with van der Waals surface area (Å²) in [7, 11) is -3.31. The summed E-state index contributed by atoms with van der Waals surface area (Å²) in [4.78, 5) is 13.2. The molecule has 1 aliphatic carbocycles. The van der Waals surface area contributed by atoms with E-state index in [1.54, 1.807) is 38.1 Å². The van der Waals surface area contributed by atoms with Gasteiger partial charge in [0, 0.05) is 17.3 Å². The topological polar surface area (TPSA) is 75.3 Å². The third-order valence-electron chi connectivity index (χ3n) is 6.14. The molecule has 1 atom stereocenters. The number of halogens is 3. The molecule has 3 aromatic rings. The van der Waals surface area contributed by atoms with Gasteiger partial charge in [0.05, 0.1) is 11.3 Å². The second-order valence-corrected chi connectivity index (χ2v) is 10.7. The number of carbonyl (C=O) groups is 1. The van der Waals surface area contributed by atoms with Gasteiger partial charge in [-0.3, -0.25) is 4.79 Å². The number of anilines is 1. The van der Waals surface area contributed by atoms with E-state index in [-0.39, 0.29) is 17.7 Å². The van der Waals surface area contributed by atoms with Gasteiger partial charge < -0.3 is 5.32 Å². The van der Waals surface area contributed by atoms with Gasteiger partial charge >= 0.3 is 6.18 Å². The molecule has 35 heavy (non-hydrogen) atoms. The third-order valence-corrected chi connectivity index (χ3v) is 7.59. The van der Waals surface area contributed by atoms with Crippen molar-refractivity contribution in [3.05, 3.63) is 88.5 Å². The van der Waals surface area contributed by atoms with Crippen LogP contribution in [-0.2, 0) is 29.0 Å². The number of fused-ring (bicyclic) bond motifs is 1. The highest BCUT2D eigenvalue weighted by atomic mass is 32.2. The summed E-state index contributed by atoms with van der Waals surface area (Å²) in [5, 5.41) is 2.88. The number of sulfonamides is 1. The minimum absolute atomic E-state index is 0.0128. The Hall–Kier alpha value is -3.17. The van der Waals surface area contributed by atoms with Crippen molar-refractivity contribution in [3.8, 4) is 11.1 Å². The first-order valence-electron chi connectivity index (χ1n) is 11.2. The molecule has 5 nitrogen and oxygen atoms in total. The molecule has 3 aromatic carbocycles. The number of amides is 1. The van der Waals surface area contributed by atoms with E-state index in [9.17, 15) is 26.4 Å². The van der Waals surface area contributed by atoms with E-state index in [2.05, 4.69) is 10.0 Å². The molecule has 0 saturated heterocycles. The van der Waals surface area contributed by atoms with Gasteiger partial charge in [0.25, 0.3) is 5.91 Å². The molecular weight excluding hydrogens is 477 g/mol. The Morgan fingerprint density at radius 3 is 2.34 bits per heavy atom. The molecule has 0 saturated carbocycles. The molecule has 0 bridgehead atoms. The predicted molar refractivity (Wildman–Crippen MR) is 130 cm³/mol. The average molecular weight is 503 g/mol. The predicted octanol–water partition coefficient (Wildman–Crippen LogP) is 5.34. The summed E-state index contributed by atoms with van der Waals surface area (Å²) < 4.78 is 65.4. The van der Waals surface area contributed by atoms with Gasteiger partial charge in [-0.1, -0.05) is 30.3 Å². The van der Waals surface area contributed by atoms with Crippen molar-refractivity contribution in [2.24, 2.45) is 0 Å². The number of nitrogens with one attached hydrogen (secondary N) is 2. The molecule has 0 heterocycles. The third kappa shape index (κ3) is 5.57. The molecule has 0 aliphatic heterocycles. The Bertz CT molecular complexity index is 1370. The Labute approximate surface area is 202 Å². The normalized spacial score (nSPS) is 15.6. The molecule has 0 fully saturated rings. The van der Waals surface area contributed by atoms with Crippen molar-refractivity contribution >= 4 is 21.6 Å². The molecule has 0 radical (unpaired) electrons. The zero-order chi connectivity index (χ0) is 25.4. The fourth-order valence-corrected chi connectivity index (χ4v) is 5.22. The van der Waals surface area contributed by atoms with Crippen LogP contribution in [0.2, 0.25) is 0 Å². The molecule has 9 heteroatoms. The van der Waals surface area contributed by atoms with Crippen LogP contribution in [0.4, 0.5) is 18.9 Å². The first-order valence-corrected chi connectivity index (χ1v) is 12.8. The maximum Gasteiger partial charge on any atom is 0.416 e. The summed E-state index contributed by atoms with van der Waals surface area (Å²) >= 11 is 0. The number of benzene rings is 3. The molecule has 2 N–H and O–H groups in total. The van der Waals surface area contributed by atoms with E-state index >= 15 is 0 Å². The standard InChI is InChI=1S/C26H25F3N2O3S/c1-3-35(33,34)31-22-13-18-9-12-21(14-19(18)15-22)30-25(32)23-6-4-5-16(2)24(23)17-7-10-20(11-8-17)26(27,28)29/h4-12,14,22,31H,3,13,15H2,1-2H3,(H,30,32). The fourth-order valence-electron chi connectivity index (χ4n) is 4.38. The molecule has 0 aromatic heterocycles. The van der Waals surface area contributed by atoms with Crippen LogP contribution in [0.3, 0.4) is 0 Å². The van der Waals surface area contributed by atoms with Crippen molar-refractivity contribution in [2.45, 2.75) is 38.9 Å². The number of hydrogen-bond acceptors (Lipinski definition) is 3. The van der Waals surface area contributed by atoms with E-state index in [1.807, 2.05) is 12.1 Å². The van der Waals surface area contributed by atoms with Gasteiger partial charge in [0.15, 0.2) is 0 Å². The number of rotatable bonds is 6. The lowest BCUT2D eigenvalue weighted by Gasteiger charge is -2.15. The van der Waals surface area contributed by atoms with E-state index in [0.717, 1.165) is 28.8 Å². The second kappa shape index (κ2) is 9.47. The highest BCUT2D eigenvalue weighted by molar-refractivity contribution is 7.89. The van der Waals surface area contributed by atoms with Crippen molar-refractivity contribution in [3.63, 3.8) is 0 Å². The zero-order valence-electron chi connectivity index (χ0n) is 19.2. The summed E-state index contributed by atoms with van der Waals surface area (Å²) in [5.41, 5.74) is 3.98. The van der Waals surface area contributed by atoms with Crippen LogP contribution in [0.25, 0.3) is 11.1 Å². The number of aryl methyl sites for hydroxylation is 1. The minimum atomic E-state index is -4.44. The summed E-state index contributed by atoms with van der Waals surface area (Å²) in [5.74, 6) is -0.372. The zero-order valence-corrected chi connectivity index (χ0v) is 20.1. The Morgan fingerprint density at radius 2 is 1.69 bits per heavy atom. The van der Waals surface area contributed by atoms with Crippen LogP contribution >= 0.6 is 0 Å². The van der Waals surface area contributed by atoms with E-state index in [0.29, 0.717) is 35.2 Å². The highest BCUT2D eigenvalue weighted by Crippen LogP contribution is 2.34. The van der Waals surface area contributed by atoms with Crippen molar-refractivity contribution in [1.82, 2.24) is 4.72 Å². The minimum Gasteiger partial charge on any atom is -0.322 e. The van der Waals surface area contributed by atoms with Gasteiger partial charge in [-0.15, -0.1) is 0 Å². The fraction of sp³-hybridized carbons (Fsp3) is 0.269. The Balaban J connectivity index is 1.56. The average Bonchev–Trinajstić information content (AvgIpc) is 3.19. The van der Waals surface area contributed by atoms with E-state index < -0.39 is 21.8 Å². The summed E-state index contributed by atoms with van der Waals surface area (Å²) in [6.45, 7) is 3.39. The van der Waals surface area contributed by atoms with Crippen molar-refractivity contribution < 1.29 is 26.4 Å². The Morgan fingerprint density at radius 1 is 1.00 bits per heavy atom. The lowest BCUT2D eigenvalue weighted by molar-refractivity contribution is -0.137. The smallest absolute Gasteiger partial charge is 0.322 e. The largest absolute Gasteiger partial charge is 0.416 e. The Kier molecular flexibility index (Phi) is 6.75. The number of alkyl halides is 3. The molecule has 1 aliphatic rings. The lowest BCUT2D eigenvalue weighted by Crippen LogP contribution is -2.36. The number of hydrogen-bond donors (Lipinski definition) is 2. The van der Waals surface area contributed by atoms with E-state index in [4.69, 9.17) is 0 Å². The molecular formula is C26H25F3N2O3S. The van der Waals surface area contributed by atoms with Crippen LogP contribution < -0.4 is 10.0 Å². The van der Waals surface area contributed by atoms with Gasteiger partial charge in [0.1, 0.15) is 0 Å². The number of carbonyl (C=O) groups excluding carboxylic acids is 1. The molecule has 1 unspecified atom stereocenters. The van der Waals surface area contributed by atoms with E-state index in [1.165, 1.54) is 12.1 Å². The van der Waals surface area contributed by atoms with Crippen LogP contribution in [0.1, 0.15) is 39.5 Å². The van der Waals surface area contributed by atoms with Gasteiger partial charge in [-0.05, 0) is 84.8 Å². The van der Waals surface area contributed by atoms with Crippen LogP contribution in [0, 0.1) is 6.92 Å². The molecule has 4 rings (SSSR count). The first-order chi connectivity index (χ1) is 16.5. The maximum atomic E-state index is 13.2. The lowest BCUT2D eigenvalue weighted by atomic mass is 9.93. The first kappa shape index (κ1) is 24.9. The van der Waals surface area contributed by atoms with Crippen LogP contribution in [0.15, 0.2) is 60.7 Å². The highest BCUT2D eigenvalue weighted by Gasteiger charge is 2.30. The van der Waals surface area contributed by atoms with Crippen LogP contribution in [0.5, 0.6) is 0 Å². The molecule has 184 valence electrons.